The third-order valence-electron chi connectivity index (χ3n) is 4.57. The van der Waals surface area contributed by atoms with Crippen molar-refractivity contribution in [1.82, 2.24) is 14.8 Å². The van der Waals surface area contributed by atoms with Crippen molar-refractivity contribution >= 4 is 5.69 Å². The second-order valence-corrected chi connectivity index (χ2v) is 7.25. The molecule has 0 bridgehead atoms. The lowest BCUT2D eigenvalue weighted by molar-refractivity contribution is 0.0936. The zero-order chi connectivity index (χ0) is 19.2. The van der Waals surface area contributed by atoms with Gasteiger partial charge in [-0.15, -0.1) is 10.2 Å². The number of nitrogen functional groups attached to an aromatic ring is 1. The smallest absolute Gasteiger partial charge is 0.177 e. The summed E-state index contributed by atoms with van der Waals surface area (Å²) < 4.78 is 35.6. The van der Waals surface area contributed by atoms with Gasteiger partial charge in [0, 0.05) is 11.7 Å². The lowest BCUT2D eigenvalue weighted by Crippen LogP contribution is -2.29. The van der Waals surface area contributed by atoms with Crippen LogP contribution in [0.4, 0.5) is 14.5 Å². The SMILES string of the molecule is CC(C)(Oc1ccc(F)cc1)c1nnc(-c2ccc(N)cc2F)n1C1CC1. The summed E-state index contributed by atoms with van der Waals surface area (Å²) in [5, 5.41) is 8.57. The van der Waals surface area contributed by atoms with Gasteiger partial charge in [0.2, 0.25) is 0 Å². The first-order valence-corrected chi connectivity index (χ1v) is 8.80. The van der Waals surface area contributed by atoms with Crippen LogP contribution in [-0.2, 0) is 5.60 Å². The molecule has 7 heteroatoms. The molecule has 1 fully saturated rings. The molecule has 2 N–H and O–H groups in total. The highest BCUT2D eigenvalue weighted by molar-refractivity contribution is 5.60. The fourth-order valence-corrected chi connectivity index (χ4v) is 3.12. The summed E-state index contributed by atoms with van der Waals surface area (Å²) in [5.74, 6) is 0.809. The van der Waals surface area contributed by atoms with E-state index in [1.807, 2.05) is 18.4 Å². The van der Waals surface area contributed by atoms with Crippen LogP contribution in [0.1, 0.15) is 38.6 Å². The molecular weight excluding hydrogens is 350 g/mol. The third-order valence-corrected chi connectivity index (χ3v) is 4.57. The van der Waals surface area contributed by atoms with E-state index in [-0.39, 0.29) is 11.9 Å². The fraction of sp³-hybridized carbons (Fsp3) is 0.300. The van der Waals surface area contributed by atoms with Crippen molar-refractivity contribution in [2.24, 2.45) is 0 Å². The van der Waals surface area contributed by atoms with Crippen molar-refractivity contribution in [3.05, 3.63) is 59.9 Å². The van der Waals surface area contributed by atoms with Crippen molar-refractivity contribution in [2.75, 3.05) is 5.73 Å². The normalized spacial score (nSPS) is 14.4. The van der Waals surface area contributed by atoms with E-state index in [1.165, 1.54) is 18.2 Å². The predicted octanol–water partition coefficient (Wildman–Crippen LogP) is 4.45. The molecule has 4 rings (SSSR count). The van der Waals surface area contributed by atoms with Crippen LogP contribution < -0.4 is 10.5 Å². The molecule has 0 spiro atoms. The standard InChI is InChI=1S/C20H20F2N4O/c1-20(2,27-15-8-3-12(21)4-9-15)19-25-24-18(26(19)14-6-7-14)16-10-5-13(23)11-17(16)22/h3-5,8-11,14H,6-7,23H2,1-2H3. The monoisotopic (exact) mass is 370 g/mol. The van der Waals surface area contributed by atoms with E-state index in [4.69, 9.17) is 10.5 Å². The highest BCUT2D eigenvalue weighted by atomic mass is 19.1. The molecule has 0 aliphatic heterocycles. The quantitative estimate of drug-likeness (QED) is 0.674. The van der Waals surface area contributed by atoms with Crippen LogP contribution in [0.2, 0.25) is 0 Å². The van der Waals surface area contributed by atoms with Crippen LogP contribution in [0.15, 0.2) is 42.5 Å². The van der Waals surface area contributed by atoms with E-state index in [0.29, 0.717) is 28.6 Å². The molecule has 0 saturated heterocycles. The van der Waals surface area contributed by atoms with Crippen LogP contribution in [-0.4, -0.2) is 14.8 Å². The number of ether oxygens (including phenoxy) is 1. The van der Waals surface area contributed by atoms with E-state index in [9.17, 15) is 8.78 Å². The molecule has 0 atom stereocenters. The molecule has 1 aliphatic carbocycles. The minimum atomic E-state index is -0.837. The molecular formula is C20H20F2N4O. The van der Waals surface area contributed by atoms with Gasteiger partial charge in [-0.2, -0.15) is 0 Å². The van der Waals surface area contributed by atoms with Gasteiger partial charge in [0.25, 0.3) is 0 Å². The maximum Gasteiger partial charge on any atom is 0.177 e. The second kappa shape index (κ2) is 6.33. The summed E-state index contributed by atoms with van der Waals surface area (Å²) in [4.78, 5) is 0. The molecule has 3 aromatic rings. The first-order valence-electron chi connectivity index (χ1n) is 8.80. The molecule has 0 unspecified atom stereocenters. The minimum absolute atomic E-state index is 0.207. The Balaban J connectivity index is 1.74. The average molecular weight is 370 g/mol. The van der Waals surface area contributed by atoms with Gasteiger partial charge in [0.1, 0.15) is 17.4 Å². The second-order valence-electron chi connectivity index (χ2n) is 7.25. The topological polar surface area (TPSA) is 66.0 Å². The van der Waals surface area contributed by atoms with Crippen LogP contribution in [0, 0.1) is 11.6 Å². The predicted molar refractivity (Wildman–Crippen MR) is 98.2 cm³/mol. The fourth-order valence-electron chi connectivity index (χ4n) is 3.12. The molecule has 0 radical (unpaired) electrons. The molecule has 1 aliphatic rings. The van der Waals surface area contributed by atoms with Gasteiger partial charge in [-0.3, -0.25) is 0 Å². The average Bonchev–Trinajstić information content (AvgIpc) is 3.35. The molecule has 5 nitrogen and oxygen atoms in total. The van der Waals surface area contributed by atoms with Crippen LogP contribution in [0.3, 0.4) is 0 Å². The number of nitrogens with zero attached hydrogens (tertiary/aromatic N) is 3. The van der Waals surface area contributed by atoms with Crippen LogP contribution >= 0.6 is 0 Å². The Labute approximate surface area is 155 Å². The zero-order valence-corrected chi connectivity index (χ0v) is 15.1. The van der Waals surface area contributed by atoms with Crippen molar-refractivity contribution in [2.45, 2.75) is 38.3 Å². The molecule has 1 aromatic heterocycles. The number of rotatable bonds is 5. The maximum absolute atomic E-state index is 14.5. The summed E-state index contributed by atoms with van der Waals surface area (Å²) >= 11 is 0. The van der Waals surface area contributed by atoms with E-state index in [1.54, 1.807) is 24.3 Å². The molecule has 1 heterocycles. The molecule has 0 amide bonds. The van der Waals surface area contributed by atoms with Gasteiger partial charge in [-0.05, 0) is 69.2 Å². The van der Waals surface area contributed by atoms with Gasteiger partial charge in [0.05, 0.1) is 5.56 Å². The Kier molecular flexibility index (Phi) is 4.09. The van der Waals surface area contributed by atoms with Crippen molar-refractivity contribution in [3.8, 4) is 17.1 Å². The maximum atomic E-state index is 14.5. The Bertz CT molecular complexity index is 978. The number of benzene rings is 2. The Morgan fingerprint density at radius 1 is 1.07 bits per heavy atom. The van der Waals surface area contributed by atoms with E-state index in [0.717, 1.165) is 12.8 Å². The Morgan fingerprint density at radius 3 is 2.41 bits per heavy atom. The van der Waals surface area contributed by atoms with Crippen molar-refractivity contribution < 1.29 is 13.5 Å². The van der Waals surface area contributed by atoms with E-state index >= 15 is 0 Å². The summed E-state index contributed by atoms with van der Waals surface area (Å²) in [7, 11) is 0. The van der Waals surface area contributed by atoms with E-state index in [2.05, 4.69) is 10.2 Å². The number of hydrogen-bond donors (Lipinski definition) is 1. The third kappa shape index (κ3) is 3.37. The highest BCUT2D eigenvalue weighted by Gasteiger charge is 2.37. The minimum Gasteiger partial charge on any atom is -0.480 e. The summed E-state index contributed by atoms with van der Waals surface area (Å²) in [5.41, 5.74) is 5.53. The van der Waals surface area contributed by atoms with Crippen molar-refractivity contribution in [1.29, 1.82) is 0 Å². The highest BCUT2D eigenvalue weighted by Crippen LogP contribution is 2.42. The van der Waals surface area contributed by atoms with Gasteiger partial charge < -0.3 is 15.0 Å². The summed E-state index contributed by atoms with van der Waals surface area (Å²) in [6.45, 7) is 3.73. The van der Waals surface area contributed by atoms with Gasteiger partial charge in [0.15, 0.2) is 17.2 Å². The molecule has 27 heavy (non-hydrogen) atoms. The first-order chi connectivity index (χ1) is 12.8. The van der Waals surface area contributed by atoms with Gasteiger partial charge in [-0.1, -0.05) is 0 Å². The van der Waals surface area contributed by atoms with E-state index < -0.39 is 11.4 Å². The van der Waals surface area contributed by atoms with Crippen molar-refractivity contribution in [3.63, 3.8) is 0 Å². The van der Waals surface area contributed by atoms with Gasteiger partial charge in [-0.25, -0.2) is 8.78 Å². The molecule has 1 saturated carbocycles. The number of aromatic nitrogens is 3. The van der Waals surface area contributed by atoms with Crippen LogP contribution in [0.25, 0.3) is 11.4 Å². The largest absolute Gasteiger partial charge is 0.480 e. The summed E-state index contributed by atoms with van der Waals surface area (Å²) in [6, 6.07) is 10.6. The number of anilines is 1. The van der Waals surface area contributed by atoms with Crippen LogP contribution in [0.5, 0.6) is 5.75 Å². The first kappa shape index (κ1) is 17.5. The lowest BCUT2D eigenvalue weighted by atomic mass is 10.1. The zero-order valence-electron chi connectivity index (χ0n) is 15.1. The number of halogens is 2. The number of nitrogens with two attached hydrogens (primary N) is 1. The lowest BCUT2D eigenvalue weighted by Gasteiger charge is -2.26. The van der Waals surface area contributed by atoms with Gasteiger partial charge >= 0.3 is 0 Å². The molecule has 140 valence electrons. The number of hydrogen-bond acceptors (Lipinski definition) is 4. The summed E-state index contributed by atoms with van der Waals surface area (Å²) in [6.07, 6.45) is 1.95. The Hall–Kier alpha value is -2.96. The molecule has 2 aromatic carbocycles. The Morgan fingerprint density at radius 2 is 1.78 bits per heavy atom.